The molecule has 0 heterocycles. The lowest BCUT2D eigenvalue weighted by molar-refractivity contribution is -0.557. The van der Waals surface area contributed by atoms with Crippen LogP contribution in [0.5, 0.6) is 23.0 Å². The number of rotatable bonds is 31. The highest BCUT2D eigenvalue weighted by Crippen LogP contribution is 2.52. The molecule has 0 N–H and O–H groups in total. The second kappa shape index (κ2) is 26.3. The van der Waals surface area contributed by atoms with Gasteiger partial charge in [-0.25, -0.2) is 63.5 Å². The highest BCUT2D eigenvalue weighted by molar-refractivity contribution is 5.69. The van der Waals surface area contributed by atoms with Crippen molar-refractivity contribution in [3.05, 3.63) is 117 Å². The molecule has 0 saturated heterocycles. The first kappa shape index (κ1) is 79.0. The van der Waals surface area contributed by atoms with Crippen LogP contribution in [0.15, 0.2) is 13.2 Å². The van der Waals surface area contributed by atoms with Gasteiger partial charge in [0.2, 0.25) is 46.5 Å². The zero-order valence-electron chi connectivity index (χ0n) is 42.6. The Bertz CT molecular complexity index is 3190. The second-order valence-corrected chi connectivity index (χ2v) is 16.8. The Morgan fingerprint density at radius 2 is 0.351 bits per heavy atom. The van der Waals surface area contributed by atoms with Crippen LogP contribution >= 0.6 is 0 Å². The van der Waals surface area contributed by atoms with Gasteiger partial charge >= 0.3 is 73.3 Å². The van der Waals surface area contributed by atoms with E-state index < -0.39 is 238 Å². The summed E-state index contributed by atoms with van der Waals surface area (Å²) >= 11 is 0. The zero-order valence-corrected chi connectivity index (χ0v) is 42.6. The van der Waals surface area contributed by atoms with Gasteiger partial charge in [-0.1, -0.05) is 25.3 Å². The highest BCUT2D eigenvalue weighted by Gasteiger charge is 2.76. The third kappa shape index (κ3) is 15.9. The van der Waals surface area contributed by atoms with Crippen LogP contribution in [0.2, 0.25) is 0 Å². The summed E-state index contributed by atoms with van der Waals surface area (Å²) < 4.78 is 594. The molecule has 0 aliphatic rings. The fourth-order valence-corrected chi connectivity index (χ4v) is 6.07. The number of alkyl halides is 24. The molecule has 0 aromatic heterocycles. The fraction of sp³-hybridized carbons (Fsp3) is 0.364. The molecule has 94 heavy (non-hydrogen) atoms. The third-order valence-corrected chi connectivity index (χ3v) is 10.1. The van der Waals surface area contributed by atoms with E-state index in [1.807, 2.05) is 9.47 Å². The molecule has 0 atom stereocenters. The van der Waals surface area contributed by atoms with Crippen LogP contribution in [0, 0.1) is 93.1 Å². The minimum absolute atomic E-state index is 0.0534. The van der Waals surface area contributed by atoms with Crippen molar-refractivity contribution in [2.24, 2.45) is 0 Å². The molecule has 530 valence electrons. The summed E-state index contributed by atoms with van der Waals surface area (Å²) in [5.41, 5.74) is -9.89. The SMILES string of the molecule is C=Cc1c(F)c(F)c(OCC(F)(F)OC(F)(F)C(F)(F)OC(F)(F)C(F)(F)OC(F)(F)COc2c(F)c(F)c(-c3c(F)c(F)c(OCC(F)(F)OC(F)(F)C(F)(F)OC(F)(F)C(F)(F)OC(F)(F)COc4c(F)c(F)c(C=C)c(F)c4F)c(F)c3F)c(F)c2F)c(F)c1F. The lowest BCUT2D eigenvalue weighted by Crippen LogP contribution is -2.58. The Morgan fingerprint density at radius 3 is 0.500 bits per heavy atom. The van der Waals surface area contributed by atoms with Crippen LogP contribution in [0.1, 0.15) is 11.1 Å². The molecule has 0 aliphatic heterocycles. The smallest absolute Gasteiger partial charge is 0.453 e. The number of benzene rings is 4. The molecule has 50 heteroatoms. The van der Waals surface area contributed by atoms with E-state index in [1.165, 1.54) is 0 Å². The monoisotopic (exact) mass is 1460 g/mol. The van der Waals surface area contributed by atoms with E-state index in [0.29, 0.717) is 0 Å². The molecule has 0 bridgehead atoms. The maximum absolute atomic E-state index is 15.1. The molecule has 4 aromatic rings. The first-order valence-electron chi connectivity index (χ1n) is 22.0. The Hall–Kier alpha value is -7.48. The molecule has 0 unspecified atom stereocenters. The summed E-state index contributed by atoms with van der Waals surface area (Å²) in [5, 5.41) is 0. The second-order valence-electron chi connectivity index (χ2n) is 16.8. The summed E-state index contributed by atoms with van der Waals surface area (Å²) in [4.78, 5) is 0. The van der Waals surface area contributed by atoms with Crippen molar-refractivity contribution in [3.8, 4) is 34.1 Å². The van der Waals surface area contributed by atoms with Gasteiger partial charge in [0.25, 0.3) is 0 Å². The van der Waals surface area contributed by atoms with Gasteiger partial charge in [0, 0.05) is 0 Å². The number of halogens is 40. The molecule has 0 fully saturated rings. The average Bonchev–Trinajstić information content (AvgIpc) is 0.769. The quantitative estimate of drug-likeness (QED) is 0.0358. The first-order valence-corrected chi connectivity index (χ1v) is 22.0. The summed E-state index contributed by atoms with van der Waals surface area (Å²) in [6, 6.07) is 0. The molecule has 0 saturated carbocycles. The molecule has 0 aliphatic carbocycles. The van der Waals surface area contributed by atoms with Crippen molar-refractivity contribution in [2.45, 2.75) is 73.3 Å². The Labute approximate surface area is 486 Å². The van der Waals surface area contributed by atoms with Crippen LogP contribution in [0.3, 0.4) is 0 Å². The van der Waals surface area contributed by atoms with Crippen molar-refractivity contribution < 1.29 is 223 Å². The predicted molar refractivity (Wildman–Crippen MR) is 212 cm³/mol. The first-order chi connectivity index (χ1) is 42.1. The fourth-order valence-electron chi connectivity index (χ4n) is 6.07. The third-order valence-electron chi connectivity index (χ3n) is 10.1. The van der Waals surface area contributed by atoms with Crippen LogP contribution in [-0.2, 0) is 28.4 Å². The van der Waals surface area contributed by atoms with E-state index in [9.17, 15) is 158 Å². The predicted octanol–water partition coefficient (Wildman–Crippen LogP) is 17.0. The topological polar surface area (TPSA) is 92.3 Å². The van der Waals surface area contributed by atoms with Crippen molar-refractivity contribution in [1.29, 1.82) is 0 Å². The van der Waals surface area contributed by atoms with E-state index in [2.05, 4.69) is 41.6 Å². The van der Waals surface area contributed by atoms with Crippen molar-refractivity contribution in [1.82, 2.24) is 0 Å². The maximum Gasteiger partial charge on any atom is 0.453 e. The molecular formula is C44H14F40O10. The van der Waals surface area contributed by atoms with E-state index in [0.717, 1.165) is 0 Å². The van der Waals surface area contributed by atoms with Crippen LogP contribution < -0.4 is 18.9 Å². The van der Waals surface area contributed by atoms with Gasteiger partial charge in [-0.3, -0.25) is 0 Å². The van der Waals surface area contributed by atoms with E-state index in [1.54, 1.807) is 9.47 Å². The molecule has 4 aromatic carbocycles. The molecule has 0 spiro atoms. The minimum Gasteiger partial charge on any atom is -0.478 e. The Balaban J connectivity index is 1.49. The Morgan fingerprint density at radius 1 is 0.213 bits per heavy atom. The standard InChI is InChI=1S/C44H14F40O10/c1-3-9-13(45)21(53)29(22(54)14(9)46)85-5-33(61,62)89-37(69,70)41(77,78)93-43(81,82)39(73,74)91-35(65,66)7-87-31-25(57)17(49)11(18(50)26(31)58)12-19(51)27(59)32(28(60)20(12)52)88-8-36(67,68)92-40(75,76)44(83,84)94-42(79,80)38(71,72)90-34(63,64)6-86-30-23(55)15(47)10(4-2)16(48)24(30)56/h3-4H,1-2,5-8H2. The van der Waals surface area contributed by atoms with Crippen LogP contribution in [0.25, 0.3) is 23.3 Å². The Kier molecular flexibility index (Phi) is 22.1. The van der Waals surface area contributed by atoms with E-state index in [-0.39, 0.29) is 12.2 Å². The van der Waals surface area contributed by atoms with Gasteiger partial charge in [-0.15, -0.1) is 0 Å². The van der Waals surface area contributed by atoms with Crippen molar-refractivity contribution >= 4 is 12.2 Å². The number of ether oxygens (including phenoxy) is 10. The lowest BCUT2D eigenvalue weighted by atomic mass is 10.0. The summed E-state index contributed by atoms with van der Waals surface area (Å²) in [5.74, 6) is -62.1. The number of hydrogen-bond donors (Lipinski definition) is 0. The normalized spacial score (nSPS) is 13.8. The summed E-state index contributed by atoms with van der Waals surface area (Å²) in [6.45, 7) is -8.67. The number of hydrogen-bond acceptors (Lipinski definition) is 10. The minimum atomic E-state index is -7.82. The van der Waals surface area contributed by atoms with Crippen LogP contribution in [-0.4, -0.2) is 99.7 Å². The maximum atomic E-state index is 15.1. The molecule has 10 nitrogen and oxygen atoms in total. The van der Waals surface area contributed by atoms with Gasteiger partial charge in [0.1, 0.15) is 0 Å². The van der Waals surface area contributed by atoms with Crippen molar-refractivity contribution in [2.75, 3.05) is 26.4 Å². The molecule has 0 radical (unpaired) electrons. The van der Waals surface area contributed by atoms with E-state index in [4.69, 9.17) is 0 Å². The van der Waals surface area contributed by atoms with Gasteiger partial charge in [-0.05, 0) is 0 Å². The largest absolute Gasteiger partial charge is 0.478 e. The summed E-state index contributed by atoms with van der Waals surface area (Å²) in [7, 11) is 0. The molecule has 4 rings (SSSR count). The average molecular weight is 1460 g/mol. The van der Waals surface area contributed by atoms with Gasteiger partial charge in [0.05, 0.1) is 22.3 Å². The molecular weight excluding hydrogens is 1450 g/mol. The zero-order chi connectivity index (χ0) is 73.2. The highest BCUT2D eigenvalue weighted by atomic mass is 19.4. The van der Waals surface area contributed by atoms with Gasteiger partial charge in [0.15, 0.2) is 96.0 Å². The van der Waals surface area contributed by atoms with Crippen molar-refractivity contribution in [3.63, 3.8) is 0 Å². The van der Waals surface area contributed by atoms with Gasteiger partial charge < -0.3 is 18.9 Å². The van der Waals surface area contributed by atoms with E-state index >= 15 is 17.6 Å². The summed E-state index contributed by atoms with van der Waals surface area (Å²) in [6.07, 6.45) is -87.4. The molecule has 0 amide bonds. The van der Waals surface area contributed by atoms with Gasteiger partial charge in [-0.2, -0.15) is 140 Å². The van der Waals surface area contributed by atoms with Crippen LogP contribution in [0.4, 0.5) is 176 Å². The lowest BCUT2D eigenvalue weighted by Gasteiger charge is -2.34.